The Kier molecular flexibility index (Phi) is 28.4. The number of benzene rings is 2. The Morgan fingerprint density at radius 2 is 1.19 bits per heavy atom. The average Bonchev–Trinajstić information content (AvgIpc) is 3.33. The average molecular weight is 1060 g/mol. The van der Waals surface area contributed by atoms with Gasteiger partial charge in [0.25, 0.3) is 0 Å². The summed E-state index contributed by atoms with van der Waals surface area (Å²) >= 11 is 5.04. The zero-order valence-corrected chi connectivity index (χ0v) is 41.4. The lowest BCUT2D eigenvalue weighted by Crippen LogP contribution is -2.58. The first kappa shape index (κ1) is 61.0. The molecule has 0 fully saturated rings. The Bertz CT molecular complexity index is 2230. The molecule has 14 N–H and O–H groups in total. The first-order valence-corrected chi connectivity index (χ1v) is 25.1. The van der Waals surface area contributed by atoms with Gasteiger partial charge in [0.15, 0.2) is 5.11 Å². The van der Waals surface area contributed by atoms with Gasteiger partial charge in [-0.1, -0.05) is 89.2 Å². The molecule has 2 aromatic rings. The molecule has 0 aromatic heterocycles. The highest BCUT2D eigenvalue weighted by Gasteiger charge is 2.32. The van der Waals surface area contributed by atoms with Crippen molar-refractivity contribution >= 4 is 105 Å². The first-order chi connectivity index (χ1) is 34.2. The number of carbonyl (C=O) groups is 11. The molecule has 0 unspecified atom stereocenters. The summed E-state index contributed by atoms with van der Waals surface area (Å²) in [6, 6.07) is 7.25. The molecule has 392 valence electrons. The second kappa shape index (κ2) is 33.5. The third-order valence-electron chi connectivity index (χ3n) is 9.79. The van der Waals surface area contributed by atoms with Crippen LogP contribution in [0.4, 0.5) is 0 Å². The summed E-state index contributed by atoms with van der Waals surface area (Å²) in [6.07, 6.45) is 0.939. The van der Waals surface area contributed by atoms with Crippen LogP contribution in [0.1, 0.15) is 56.6 Å². The first-order valence-electron chi connectivity index (χ1n) is 22.2. The van der Waals surface area contributed by atoms with E-state index in [0.717, 1.165) is 24.4 Å². The van der Waals surface area contributed by atoms with Gasteiger partial charge in [-0.25, -0.2) is 9.59 Å². The topological polar surface area (TPSA) is 391 Å². The zero-order valence-electron chi connectivity index (χ0n) is 38.9. The van der Waals surface area contributed by atoms with E-state index >= 15 is 0 Å². The van der Waals surface area contributed by atoms with Gasteiger partial charge in [0, 0.05) is 56.0 Å². The van der Waals surface area contributed by atoms with Crippen LogP contribution in [0.3, 0.4) is 0 Å². The Morgan fingerprint density at radius 1 is 0.639 bits per heavy atom. The minimum absolute atomic E-state index is 0.0480. The molecule has 0 aliphatic rings. The monoisotopic (exact) mass is 1060 g/mol. The predicted molar refractivity (Wildman–Crippen MR) is 268 cm³/mol. The SMILES string of the molecule is CCCSSC[C@@H](NC(=O)[C@H](CC(=O)O)NC(=O)[C@@H](N)CNC(=O)[C@H](Cc1ccccc1)NC(=O)[C@H](Cc1ccccc1)NC(=O)/C=C/NC(=O)CC[C@@H](C=O)NC(=S)N[C@@H](CCC(=O)O)C(=O)O)C(=O)O. The molecule has 0 radical (unpaired) electrons. The van der Waals surface area contributed by atoms with Crippen molar-refractivity contribution in [3.8, 4) is 0 Å². The van der Waals surface area contributed by atoms with Gasteiger partial charge in [-0.2, -0.15) is 0 Å². The number of carboxylic acid groups (broad SMARTS) is 4. The number of rotatable bonds is 34. The van der Waals surface area contributed by atoms with E-state index in [1.807, 2.05) is 6.92 Å². The number of hydrogen-bond donors (Lipinski definition) is 13. The molecule has 2 rings (SSSR count). The molecule has 6 amide bonds. The second-order valence-corrected chi connectivity index (χ2v) is 18.7. The fourth-order valence-electron chi connectivity index (χ4n) is 6.04. The van der Waals surface area contributed by atoms with Gasteiger partial charge in [0.2, 0.25) is 35.4 Å². The molecule has 27 heteroatoms. The van der Waals surface area contributed by atoms with E-state index in [9.17, 15) is 68.1 Å². The highest BCUT2D eigenvalue weighted by Crippen LogP contribution is 2.22. The molecule has 24 nitrogen and oxygen atoms in total. The van der Waals surface area contributed by atoms with E-state index in [-0.39, 0.29) is 43.0 Å². The molecule has 7 atom stereocenters. The van der Waals surface area contributed by atoms with Gasteiger partial charge in [0.1, 0.15) is 42.5 Å². The van der Waals surface area contributed by atoms with E-state index in [2.05, 4.69) is 42.5 Å². The minimum Gasteiger partial charge on any atom is -0.481 e. The number of aliphatic carboxylic acids is 4. The van der Waals surface area contributed by atoms with Gasteiger partial charge in [-0.15, -0.1) is 0 Å². The quantitative estimate of drug-likeness (QED) is 0.0131. The van der Waals surface area contributed by atoms with Crippen LogP contribution in [0.25, 0.3) is 0 Å². The largest absolute Gasteiger partial charge is 0.481 e. The van der Waals surface area contributed by atoms with Crippen LogP contribution in [0, 0.1) is 0 Å². The fraction of sp³-hybridized carbons (Fsp3) is 0.422. The van der Waals surface area contributed by atoms with E-state index in [0.29, 0.717) is 17.4 Å². The summed E-state index contributed by atoms with van der Waals surface area (Å²) < 4.78 is 0. The van der Waals surface area contributed by atoms with E-state index in [1.54, 1.807) is 60.7 Å². The van der Waals surface area contributed by atoms with Crippen molar-refractivity contribution in [2.45, 2.75) is 101 Å². The standard InChI is InChI=1S/C45H59N9O15S3/c1-2-19-71-72-25-34(44(68)69)53-42(65)33(22-38(60)61)51-39(62)29(46)23-48-40(63)31(20-26-9-5-3-6-10-26)52-41(64)32(21-27-11-7-4-8-12-27)50-36(57)17-18-47-35(56)15-13-28(24-55)49-45(70)54-30(43(66)67)14-16-37(58)59/h3-12,17-18,24,28-34H,2,13-16,19-23,25,46H2,1H3,(H,47,56)(H,48,63)(H,50,57)(H,51,62)(H,52,64)(H,53,65)(H,58,59)(H,60,61)(H,66,67)(H,68,69)(H2,49,54,70)/b18-17+/t28-,29-,30-,31-,32-,33-,34+/m0/s1. The van der Waals surface area contributed by atoms with Crippen molar-refractivity contribution in [2.24, 2.45) is 5.73 Å². The lowest BCUT2D eigenvalue weighted by molar-refractivity contribution is -0.143. The molecule has 0 bridgehead atoms. The van der Waals surface area contributed by atoms with Crippen LogP contribution >= 0.6 is 33.8 Å². The smallest absolute Gasteiger partial charge is 0.327 e. The Hall–Kier alpha value is -7.10. The van der Waals surface area contributed by atoms with Crippen molar-refractivity contribution in [1.82, 2.24) is 42.5 Å². The highest BCUT2D eigenvalue weighted by atomic mass is 33.1. The molecule has 0 saturated heterocycles. The third kappa shape index (κ3) is 25.1. The molecule has 0 spiro atoms. The van der Waals surface area contributed by atoms with Crippen LogP contribution in [0.5, 0.6) is 0 Å². The molecule has 0 aliphatic carbocycles. The summed E-state index contributed by atoms with van der Waals surface area (Å²) in [5.74, 6) is -10.1. The molecular weight excluding hydrogens is 1000 g/mol. The van der Waals surface area contributed by atoms with Gasteiger partial charge in [0.05, 0.1) is 12.5 Å². The normalized spacial score (nSPS) is 13.8. The summed E-state index contributed by atoms with van der Waals surface area (Å²) in [4.78, 5) is 137. The van der Waals surface area contributed by atoms with Crippen molar-refractivity contribution in [3.63, 3.8) is 0 Å². The number of carbonyl (C=O) groups excluding carboxylic acids is 7. The Morgan fingerprint density at radius 3 is 1.74 bits per heavy atom. The van der Waals surface area contributed by atoms with Gasteiger partial charge in [-0.3, -0.25) is 38.4 Å². The number of aldehydes is 1. The number of hydrogen-bond acceptors (Lipinski definition) is 15. The van der Waals surface area contributed by atoms with Crippen LogP contribution in [-0.4, -0.2) is 151 Å². The third-order valence-corrected chi connectivity index (χ3v) is 12.6. The molecule has 0 aliphatic heterocycles. The summed E-state index contributed by atoms with van der Waals surface area (Å²) in [5, 5.41) is 56.4. The number of nitrogens with one attached hydrogen (secondary N) is 8. The van der Waals surface area contributed by atoms with Crippen molar-refractivity contribution in [3.05, 3.63) is 84.1 Å². The molecule has 72 heavy (non-hydrogen) atoms. The maximum Gasteiger partial charge on any atom is 0.327 e. The summed E-state index contributed by atoms with van der Waals surface area (Å²) in [6.45, 7) is 1.36. The van der Waals surface area contributed by atoms with Gasteiger partial charge < -0.3 is 73.5 Å². The minimum atomic E-state index is -1.74. The van der Waals surface area contributed by atoms with E-state index in [1.165, 1.54) is 21.6 Å². The maximum absolute atomic E-state index is 14.0. The fourth-order valence-corrected chi connectivity index (χ4v) is 8.63. The second-order valence-electron chi connectivity index (χ2n) is 15.6. The van der Waals surface area contributed by atoms with Crippen LogP contribution in [0.15, 0.2) is 72.9 Å². The van der Waals surface area contributed by atoms with E-state index < -0.39 is 121 Å². The maximum atomic E-state index is 14.0. The Labute approximate surface area is 427 Å². The Balaban J connectivity index is 2.14. The molecule has 2 aromatic carbocycles. The number of carboxylic acids is 4. The number of thiocarbonyl (C=S) groups is 1. The van der Waals surface area contributed by atoms with Crippen LogP contribution in [0.2, 0.25) is 0 Å². The lowest BCUT2D eigenvalue weighted by atomic mass is 10.0. The lowest BCUT2D eigenvalue weighted by Gasteiger charge is -2.24. The van der Waals surface area contributed by atoms with E-state index in [4.69, 9.17) is 23.1 Å². The van der Waals surface area contributed by atoms with Crippen molar-refractivity contribution < 1.29 is 73.2 Å². The van der Waals surface area contributed by atoms with Crippen molar-refractivity contribution in [1.29, 1.82) is 0 Å². The summed E-state index contributed by atoms with van der Waals surface area (Å²) in [5.41, 5.74) is 7.26. The van der Waals surface area contributed by atoms with Crippen molar-refractivity contribution in [2.75, 3.05) is 18.1 Å². The van der Waals surface area contributed by atoms with Gasteiger partial charge in [-0.05, 0) is 42.6 Å². The van der Waals surface area contributed by atoms with Crippen LogP contribution < -0.4 is 48.3 Å². The van der Waals surface area contributed by atoms with Crippen LogP contribution in [-0.2, 0) is 65.6 Å². The highest BCUT2D eigenvalue weighted by molar-refractivity contribution is 8.76. The number of nitrogens with two attached hydrogens (primary N) is 1. The molecule has 0 heterocycles. The molecule has 0 saturated carbocycles. The number of amides is 6. The predicted octanol–water partition coefficient (Wildman–Crippen LogP) is -1.04. The summed E-state index contributed by atoms with van der Waals surface area (Å²) in [7, 11) is 2.58. The zero-order chi connectivity index (χ0) is 53.6. The van der Waals surface area contributed by atoms with Gasteiger partial charge >= 0.3 is 23.9 Å². The molecular formula is C45H59N9O15S3.